The third-order valence-electron chi connectivity index (χ3n) is 3.87. The van der Waals surface area contributed by atoms with E-state index >= 15 is 0 Å². The number of nitrogens with one attached hydrogen (secondary N) is 1. The second-order valence-corrected chi connectivity index (χ2v) is 7.59. The smallest absolute Gasteiger partial charge is 0.319 e. The molecule has 0 spiro atoms. The van der Waals surface area contributed by atoms with E-state index in [9.17, 15) is 19.6 Å². The van der Waals surface area contributed by atoms with Gasteiger partial charge in [-0.3, -0.25) is 14.4 Å². The summed E-state index contributed by atoms with van der Waals surface area (Å²) in [5.74, 6) is -3.79. The van der Waals surface area contributed by atoms with Gasteiger partial charge in [-0.25, -0.2) is 0 Å². The highest BCUT2D eigenvalue weighted by molar-refractivity contribution is 14.1. The molecule has 2 rings (SSSR count). The molecular formula is C18H17IN2O5S. The lowest BCUT2D eigenvalue weighted by Crippen LogP contribution is -2.44. The van der Waals surface area contributed by atoms with Gasteiger partial charge in [-0.2, -0.15) is 5.26 Å². The fourth-order valence-corrected chi connectivity index (χ4v) is 4.28. The van der Waals surface area contributed by atoms with Crippen molar-refractivity contribution in [1.82, 2.24) is 5.32 Å². The van der Waals surface area contributed by atoms with Crippen molar-refractivity contribution in [2.24, 2.45) is 5.92 Å². The number of ether oxygens (including phenoxy) is 2. The van der Waals surface area contributed by atoms with Crippen LogP contribution in [0.2, 0.25) is 0 Å². The Morgan fingerprint density at radius 1 is 1.37 bits per heavy atom. The molecule has 0 saturated heterocycles. The number of nitriles is 1. The molecule has 142 valence electrons. The highest BCUT2D eigenvalue weighted by atomic mass is 127. The van der Waals surface area contributed by atoms with Gasteiger partial charge in [0.15, 0.2) is 0 Å². The van der Waals surface area contributed by atoms with Crippen LogP contribution in [0.5, 0.6) is 0 Å². The number of amides is 1. The Morgan fingerprint density at radius 2 is 2.07 bits per heavy atom. The summed E-state index contributed by atoms with van der Waals surface area (Å²) in [6, 6.07) is 9.32. The van der Waals surface area contributed by atoms with Crippen LogP contribution in [-0.4, -0.2) is 37.3 Å². The average molecular weight is 500 g/mol. The van der Waals surface area contributed by atoms with E-state index in [1.54, 1.807) is 19.1 Å². The molecule has 0 unspecified atom stereocenters. The molecule has 7 nitrogen and oxygen atoms in total. The number of halogens is 1. The van der Waals surface area contributed by atoms with Gasteiger partial charge in [0.2, 0.25) is 5.91 Å². The van der Waals surface area contributed by atoms with E-state index in [2.05, 4.69) is 38.7 Å². The minimum atomic E-state index is -1.18. The van der Waals surface area contributed by atoms with Gasteiger partial charge in [-0.15, -0.1) is 0 Å². The Hall–Kier alpha value is -2.06. The van der Waals surface area contributed by atoms with Crippen LogP contribution in [0.4, 0.5) is 0 Å². The normalized spacial score (nSPS) is 19.1. The molecule has 1 aromatic carbocycles. The Kier molecular flexibility index (Phi) is 7.67. The Balaban J connectivity index is 2.57. The summed E-state index contributed by atoms with van der Waals surface area (Å²) in [5.41, 5.74) is 0.893. The minimum Gasteiger partial charge on any atom is -0.468 e. The summed E-state index contributed by atoms with van der Waals surface area (Å²) in [6.07, 6.45) is 0. The summed E-state index contributed by atoms with van der Waals surface area (Å²) in [5, 5.41) is 12.6. The standard InChI is InChI=1S/C18H17IN2O5S/c1-3-26-18(24)15-14(10-6-4-5-7-12(10)19)11(8-20)17(21-16(15)23)27-9-13(22)25-2/h4-7,14-15H,3,9H2,1-2H3,(H,21,23)/t14-,15+/m1/s1. The first-order chi connectivity index (χ1) is 12.9. The van der Waals surface area contributed by atoms with E-state index in [-0.39, 0.29) is 23.0 Å². The molecule has 1 aliphatic heterocycles. The molecule has 1 heterocycles. The topological polar surface area (TPSA) is 105 Å². The Bertz CT molecular complexity index is 833. The maximum Gasteiger partial charge on any atom is 0.319 e. The highest BCUT2D eigenvalue weighted by Gasteiger charge is 2.45. The summed E-state index contributed by atoms with van der Waals surface area (Å²) >= 11 is 3.09. The summed E-state index contributed by atoms with van der Waals surface area (Å²) < 4.78 is 10.5. The van der Waals surface area contributed by atoms with Gasteiger partial charge in [-0.1, -0.05) is 30.0 Å². The number of hydrogen-bond donors (Lipinski definition) is 1. The van der Waals surface area contributed by atoms with Crippen LogP contribution in [0, 0.1) is 20.8 Å². The SMILES string of the molecule is CCOC(=O)[C@@H]1C(=O)NC(SCC(=O)OC)=C(C#N)[C@H]1c1ccccc1I. The van der Waals surface area contributed by atoms with Crippen LogP contribution >= 0.6 is 34.4 Å². The van der Waals surface area contributed by atoms with E-state index in [1.807, 2.05) is 12.1 Å². The molecule has 27 heavy (non-hydrogen) atoms. The molecule has 9 heteroatoms. The first-order valence-corrected chi connectivity index (χ1v) is 10.1. The molecule has 0 aromatic heterocycles. The fourth-order valence-electron chi connectivity index (χ4n) is 2.68. The summed E-state index contributed by atoms with van der Waals surface area (Å²) in [6.45, 7) is 1.77. The predicted octanol–water partition coefficient (Wildman–Crippen LogP) is 2.33. The third kappa shape index (κ3) is 4.81. The molecule has 1 aromatic rings. The van der Waals surface area contributed by atoms with Crippen molar-refractivity contribution in [3.05, 3.63) is 44.0 Å². The monoisotopic (exact) mass is 500 g/mol. The van der Waals surface area contributed by atoms with E-state index in [0.29, 0.717) is 5.56 Å². The van der Waals surface area contributed by atoms with Crippen LogP contribution in [0.25, 0.3) is 0 Å². The van der Waals surface area contributed by atoms with Crippen LogP contribution in [-0.2, 0) is 23.9 Å². The fraction of sp³-hybridized carbons (Fsp3) is 0.333. The van der Waals surface area contributed by atoms with Crippen molar-refractivity contribution in [3.8, 4) is 6.07 Å². The number of rotatable bonds is 6. The van der Waals surface area contributed by atoms with Crippen LogP contribution < -0.4 is 5.32 Å². The van der Waals surface area contributed by atoms with Crippen molar-refractivity contribution < 1.29 is 23.9 Å². The highest BCUT2D eigenvalue weighted by Crippen LogP contribution is 2.41. The van der Waals surface area contributed by atoms with E-state index in [4.69, 9.17) is 4.74 Å². The van der Waals surface area contributed by atoms with Gasteiger partial charge in [0.25, 0.3) is 0 Å². The number of methoxy groups -OCH3 is 1. The number of thioether (sulfide) groups is 1. The third-order valence-corrected chi connectivity index (χ3v) is 5.84. The van der Waals surface area contributed by atoms with Gasteiger partial charge in [0.1, 0.15) is 5.92 Å². The Morgan fingerprint density at radius 3 is 2.67 bits per heavy atom. The summed E-state index contributed by atoms with van der Waals surface area (Å²) in [7, 11) is 1.26. The van der Waals surface area contributed by atoms with E-state index in [1.165, 1.54) is 7.11 Å². The quantitative estimate of drug-likeness (QED) is 0.363. The van der Waals surface area contributed by atoms with Crippen molar-refractivity contribution in [2.45, 2.75) is 12.8 Å². The molecule has 1 aliphatic rings. The van der Waals surface area contributed by atoms with Crippen LogP contribution in [0.15, 0.2) is 34.9 Å². The van der Waals surface area contributed by atoms with E-state index in [0.717, 1.165) is 15.3 Å². The van der Waals surface area contributed by atoms with Gasteiger partial charge in [-0.05, 0) is 41.1 Å². The molecule has 0 aliphatic carbocycles. The number of hydrogen-bond acceptors (Lipinski definition) is 7. The number of nitrogens with zero attached hydrogens (tertiary/aromatic N) is 1. The van der Waals surface area contributed by atoms with Crippen molar-refractivity contribution in [3.63, 3.8) is 0 Å². The lowest BCUT2D eigenvalue weighted by molar-refractivity contribution is -0.153. The van der Waals surface area contributed by atoms with Crippen LogP contribution in [0.1, 0.15) is 18.4 Å². The van der Waals surface area contributed by atoms with Crippen molar-refractivity contribution in [2.75, 3.05) is 19.5 Å². The minimum absolute atomic E-state index is 0.0695. The number of carbonyl (C=O) groups excluding carboxylic acids is 3. The molecule has 0 bridgehead atoms. The zero-order valence-electron chi connectivity index (χ0n) is 14.7. The summed E-state index contributed by atoms with van der Waals surface area (Å²) in [4.78, 5) is 36.6. The maximum atomic E-state index is 12.7. The number of benzene rings is 1. The lowest BCUT2D eigenvalue weighted by atomic mass is 9.78. The zero-order valence-corrected chi connectivity index (χ0v) is 17.6. The largest absolute Gasteiger partial charge is 0.468 e. The van der Waals surface area contributed by atoms with E-state index < -0.39 is 29.7 Å². The van der Waals surface area contributed by atoms with Crippen molar-refractivity contribution in [1.29, 1.82) is 5.26 Å². The van der Waals surface area contributed by atoms with Gasteiger partial charge in [0.05, 0.1) is 36.1 Å². The molecule has 2 atom stereocenters. The second kappa shape index (κ2) is 9.75. The predicted molar refractivity (Wildman–Crippen MR) is 107 cm³/mol. The lowest BCUT2D eigenvalue weighted by Gasteiger charge is -2.31. The molecular weight excluding hydrogens is 483 g/mol. The molecule has 1 N–H and O–H groups in total. The first-order valence-electron chi connectivity index (χ1n) is 8.00. The van der Waals surface area contributed by atoms with Gasteiger partial charge in [0, 0.05) is 9.49 Å². The number of carbonyl (C=O) groups is 3. The Labute approximate surface area is 174 Å². The average Bonchev–Trinajstić information content (AvgIpc) is 2.65. The molecule has 0 fully saturated rings. The van der Waals surface area contributed by atoms with Gasteiger partial charge >= 0.3 is 11.9 Å². The first kappa shape index (κ1) is 21.2. The number of esters is 2. The second-order valence-electron chi connectivity index (χ2n) is 5.44. The van der Waals surface area contributed by atoms with Gasteiger partial charge < -0.3 is 14.8 Å². The van der Waals surface area contributed by atoms with Crippen molar-refractivity contribution >= 4 is 52.2 Å². The zero-order chi connectivity index (χ0) is 20.0. The maximum absolute atomic E-state index is 12.7. The van der Waals surface area contributed by atoms with Crippen LogP contribution in [0.3, 0.4) is 0 Å². The number of allylic oxidation sites excluding steroid dienone is 1. The molecule has 0 radical (unpaired) electrons. The molecule has 0 saturated carbocycles. The molecule has 1 amide bonds.